The van der Waals surface area contributed by atoms with E-state index in [-0.39, 0.29) is 48.0 Å². The van der Waals surface area contributed by atoms with Crippen molar-refractivity contribution in [1.82, 2.24) is 14.9 Å². The smallest absolute Gasteiger partial charge is 0.251 e. The Labute approximate surface area is 191 Å². The lowest BCUT2D eigenvalue weighted by molar-refractivity contribution is -0.117. The van der Waals surface area contributed by atoms with Crippen LogP contribution < -0.4 is 10.6 Å². The average Bonchev–Trinajstić information content (AvgIpc) is 2.80. The summed E-state index contributed by atoms with van der Waals surface area (Å²) in [6.45, 7) is 5.79. The molecule has 0 aliphatic carbocycles. The fourth-order valence-corrected chi connectivity index (χ4v) is 5.20. The number of sulfonamides is 1. The number of hydrogen-bond donors (Lipinski definition) is 2. The lowest BCUT2D eigenvalue weighted by Gasteiger charge is -2.36. The van der Waals surface area contributed by atoms with E-state index in [1.54, 1.807) is 0 Å². The van der Waals surface area contributed by atoms with Gasteiger partial charge in [-0.2, -0.15) is 4.31 Å². The summed E-state index contributed by atoms with van der Waals surface area (Å²) in [4.78, 5) is 23.9. The maximum atomic E-state index is 13.3. The third-order valence-corrected chi connectivity index (χ3v) is 7.45. The van der Waals surface area contributed by atoms with E-state index in [1.165, 1.54) is 40.7 Å². The minimum atomic E-state index is -3.77. The van der Waals surface area contributed by atoms with Gasteiger partial charge in [0, 0.05) is 31.2 Å². The van der Waals surface area contributed by atoms with Crippen LogP contribution in [-0.2, 0) is 21.4 Å². The van der Waals surface area contributed by atoms with Crippen LogP contribution in [0.15, 0.2) is 60.0 Å². The molecule has 1 fully saturated rings. The zero-order chi connectivity index (χ0) is 24.2. The Morgan fingerprint density at radius 1 is 1.15 bits per heavy atom. The van der Waals surface area contributed by atoms with Crippen molar-refractivity contribution in [3.05, 3.63) is 77.9 Å². The van der Waals surface area contributed by atoms with Crippen molar-refractivity contribution in [2.75, 3.05) is 13.1 Å². The van der Waals surface area contributed by atoms with Gasteiger partial charge in [-0.05, 0) is 60.4 Å². The molecule has 0 saturated carbocycles. The molecule has 33 heavy (non-hydrogen) atoms. The van der Waals surface area contributed by atoms with E-state index in [0.29, 0.717) is 12.0 Å². The van der Waals surface area contributed by atoms with Crippen molar-refractivity contribution in [3.63, 3.8) is 0 Å². The van der Waals surface area contributed by atoms with Crippen molar-refractivity contribution < 1.29 is 26.8 Å². The number of piperidine rings is 1. The standard InChI is InChI=1S/C23H25F2N3O4S/c1-3-22(29)27-21-10-11-28(14-15(21)2)33(31,32)18-7-5-17(6-8-18)23(30)26-13-16-4-9-19(24)20(25)12-16/h3-9,12,15,21H,1,10-11,13-14H2,2H3,(H,26,30)(H,27,29). The van der Waals surface area contributed by atoms with Gasteiger partial charge in [0.05, 0.1) is 4.90 Å². The predicted octanol–water partition coefficient (Wildman–Crippen LogP) is 2.60. The highest BCUT2D eigenvalue weighted by Gasteiger charge is 2.34. The number of hydrogen-bond acceptors (Lipinski definition) is 4. The van der Waals surface area contributed by atoms with Gasteiger partial charge in [-0.3, -0.25) is 9.59 Å². The Morgan fingerprint density at radius 3 is 2.45 bits per heavy atom. The van der Waals surface area contributed by atoms with E-state index in [0.717, 1.165) is 12.1 Å². The fourth-order valence-electron chi connectivity index (χ4n) is 3.64. The summed E-state index contributed by atoms with van der Waals surface area (Å²) in [5.74, 6) is -2.82. The molecule has 10 heteroatoms. The first-order valence-electron chi connectivity index (χ1n) is 10.4. The maximum Gasteiger partial charge on any atom is 0.251 e. The number of carbonyl (C=O) groups excluding carboxylic acids is 2. The van der Waals surface area contributed by atoms with Crippen LogP contribution in [0.25, 0.3) is 0 Å². The zero-order valence-corrected chi connectivity index (χ0v) is 18.9. The van der Waals surface area contributed by atoms with Crippen molar-refractivity contribution in [3.8, 4) is 0 Å². The number of nitrogens with one attached hydrogen (secondary N) is 2. The minimum Gasteiger partial charge on any atom is -0.349 e. The van der Waals surface area contributed by atoms with Gasteiger partial charge in [-0.1, -0.05) is 19.6 Å². The maximum absolute atomic E-state index is 13.3. The van der Waals surface area contributed by atoms with Crippen LogP contribution in [0, 0.1) is 17.6 Å². The molecule has 0 radical (unpaired) electrons. The van der Waals surface area contributed by atoms with Crippen LogP contribution >= 0.6 is 0 Å². The Hall–Kier alpha value is -3.11. The molecular formula is C23H25F2N3O4S. The molecule has 176 valence electrons. The van der Waals surface area contributed by atoms with Crippen LogP contribution in [0.1, 0.15) is 29.3 Å². The summed E-state index contributed by atoms with van der Waals surface area (Å²) >= 11 is 0. The minimum absolute atomic E-state index is 0.00862. The van der Waals surface area contributed by atoms with E-state index in [1.807, 2.05) is 6.92 Å². The summed E-state index contributed by atoms with van der Waals surface area (Å²) in [7, 11) is -3.77. The van der Waals surface area contributed by atoms with Crippen molar-refractivity contribution in [2.45, 2.75) is 30.8 Å². The molecule has 2 unspecified atom stereocenters. The molecule has 0 spiro atoms. The summed E-state index contributed by atoms with van der Waals surface area (Å²) in [6.07, 6.45) is 1.66. The number of nitrogens with zero attached hydrogens (tertiary/aromatic N) is 1. The van der Waals surface area contributed by atoms with E-state index >= 15 is 0 Å². The highest BCUT2D eigenvalue weighted by Crippen LogP contribution is 2.24. The van der Waals surface area contributed by atoms with E-state index in [2.05, 4.69) is 17.2 Å². The van der Waals surface area contributed by atoms with Gasteiger partial charge in [0.1, 0.15) is 0 Å². The first-order chi connectivity index (χ1) is 15.6. The first-order valence-corrected chi connectivity index (χ1v) is 11.8. The molecule has 1 aliphatic rings. The van der Waals surface area contributed by atoms with Gasteiger partial charge in [-0.15, -0.1) is 0 Å². The Bertz CT molecular complexity index is 1150. The first kappa shape index (κ1) is 24.5. The van der Waals surface area contributed by atoms with Crippen LogP contribution in [0.2, 0.25) is 0 Å². The fraction of sp³-hybridized carbons (Fsp3) is 0.304. The molecule has 0 aromatic heterocycles. The van der Waals surface area contributed by atoms with Gasteiger partial charge in [-0.25, -0.2) is 17.2 Å². The predicted molar refractivity (Wildman–Crippen MR) is 119 cm³/mol. The van der Waals surface area contributed by atoms with Gasteiger partial charge in [0.15, 0.2) is 11.6 Å². The monoisotopic (exact) mass is 477 g/mol. The number of benzene rings is 2. The van der Waals surface area contributed by atoms with Crippen LogP contribution in [0.4, 0.5) is 8.78 Å². The molecule has 1 aliphatic heterocycles. The molecule has 2 N–H and O–H groups in total. The molecule has 7 nitrogen and oxygen atoms in total. The largest absolute Gasteiger partial charge is 0.349 e. The second kappa shape index (κ2) is 10.2. The second-order valence-electron chi connectivity index (χ2n) is 7.90. The molecule has 2 atom stereocenters. The molecule has 2 aromatic rings. The molecule has 2 amide bonds. The molecular weight excluding hydrogens is 452 g/mol. The van der Waals surface area contributed by atoms with Crippen LogP contribution in [0.3, 0.4) is 0 Å². The number of halogens is 2. The van der Waals surface area contributed by atoms with Crippen molar-refractivity contribution in [2.24, 2.45) is 5.92 Å². The Balaban J connectivity index is 1.62. The van der Waals surface area contributed by atoms with E-state index < -0.39 is 27.6 Å². The molecule has 0 bridgehead atoms. The highest BCUT2D eigenvalue weighted by atomic mass is 32.2. The zero-order valence-electron chi connectivity index (χ0n) is 18.1. The van der Waals surface area contributed by atoms with Crippen molar-refractivity contribution in [1.29, 1.82) is 0 Å². The Morgan fingerprint density at radius 2 is 1.85 bits per heavy atom. The lowest BCUT2D eigenvalue weighted by atomic mass is 9.95. The summed E-state index contributed by atoms with van der Waals surface area (Å²) < 4.78 is 53.7. The van der Waals surface area contributed by atoms with E-state index in [9.17, 15) is 26.8 Å². The third kappa shape index (κ3) is 5.82. The van der Waals surface area contributed by atoms with Crippen LogP contribution in [0.5, 0.6) is 0 Å². The molecule has 1 saturated heterocycles. The summed E-state index contributed by atoms with van der Waals surface area (Å²) in [5.41, 5.74) is 0.624. The number of amides is 2. The highest BCUT2D eigenvalue weighted by molar-refractivity contribution is 7.89. The number of carbonyl (C=O) groups is 2. The van der Waals surface area contributed by atoms with Gasteiger partial charge in [0.2, 0.25) is 15.9 Å². The Kier molecular flexibility index (Phi) is 7.60. The molecule has 1 heterocycles. The van der Waals surface area contributed by atoms with Crippen LogP contribution in [-0.4, -0.2) is 43.7 Å². The summed E-state index contributed by atoms with van der Waals surface area (Å²) in [6, 6.07) is 8.72. The topological polar surface area (TPSA) is 95.6 Å². The van der Waals surface area contributed by atoms with E-state index in [4.69, 9.17) is 0 Å². The summed E-state index contributed by atoms with van der Waals surface area (Å²) in [5, 5.41) is 5.40. The second-order valence-corrected chi connectivity index (χ2v) is 9.84. The average molecular weight is 478 g/mol. The van der Waals surface area contributed by atoms with Crippen molar-refractivity contribution >= 4 is 21.8 Å². The number of rotatable bonds is 7. The van der Waals surface area contributed by atoms with Gasteiger partial charge >= 0.3 is 0 Å². The third-order valence-electron chi connectivity index (χ3n) is 5.57. The quantitative estimate of drug-likeness (QED) is 0.600. The lowest BCUT2D eigenvalue weighted by Crippen LogP contribution is -2.51. The van der Waals surface area contributed by atoms with Gasteiger partial charge in [0.25, 0.3) is 5.91 Å². The van der Waals surface area contributed by atoms with Gasteiger partial charge < -0.3 is 10.6 Å². The SMILES string of the molecule is C=CC(=O)NC1CCN(S(=O)(=O)c2ccc(C(=O)NCc3ccc(F)c(F)c3)cc2)CC1C. The molecule has 2 aromatic carbocycles. The normalized spacial score (nSPS) is 19.0. The molecule has 3 rings (SSSR count).